The van der Waals surface area contributed by atoms with Gasteiger partial charge in [-0.3, -0.25) is 4.40 Å². The van der Waals surface area contributed by atoms with E-state index in [1.165, 1.54) is 0 Å². The van der Waals surface area contributed by atoms with Crippen molar-refractivity contribution in [1.29, 1.82) is 0 Å². The maximum Gasteiger partial charge on any atom is 0.243 e. The van der Waals surface area contributed by atoms with Crippen LogP contribution in [0.15, 0.2) is 84.0 Å². The van der Waals surface area contributed by atoms with E-state index in [1.807, 2.05) is 66.0 Å². The van der Waals surface area contributed by atoms with E-state index in [0.717, 1.165) is 39.1 Å². The smallest absolute Gasteiger partial charge is 0.243 e. The first-order valence-corrected chi connectivity index (χ1v) is 14.1. The van der Waals surface area contributed by atoms with E-state index in [-0.39, 0.29) is 5.41 Å². The minimum atomic E-state index is -3.50. The summed E-state index contributed by atoms with van der Waals surface area (Å²) < 4.78 is 34.8. The van der Waals surface area contributed by atoms with Crippen LogP contribution < -0.4 is 4.90 Å². The normalized spacial score (nSPS) is 17.0. The molecule has 0 atom stereocenters. The van der Waals surface area contributed by atoms with Crippen molar-refractivity contribution in [1.82, 2.24) is 18.9 Å². The van der Waals surface area contributed by atoms with Gasteiger partial charge in [0, 0.05) is 47.7 Å². The lowest BCUT2D eigenvalue weighted by Gasteiger charge is -2.53. The summed E-state index contributed by atoms with van der Waals surface area (Å²) in [6, 6.07) is 23.1. The summed E-state index contributed by atoms with van der Waals surface area (Å²) >= 11 is 6.30. The summed E-state index contributed by atoms with van der Waals surface area (Å²) in [6.45, 7) is 2.37. The molecule has 0 radical (unpaired) electrons. The fraction of sp³-hybridized carbons (Fsp3) is 0.214. The van der Waals surface area contributed by atoms with Crippen LogP contribution in [0, 0.1) is 5.41 Å². The quantitative estimate of drug-likeness (QED) is 0.309. The highest BCUT2D eigenvalue weighted by atomic mass is 35.5. The lowest BCUT2D eigenvalue weighted by Crippen LogP contribution is -2.66. The molecule has 2 aliphatic heterocycles. The first-order valence-electron chi connectivity index (χ1n) is 12.3. The van der Waals surface area contributed by atoms with Crippen molar-refractivity contribution in [3.8, 4) is 11.1 Å². The second-order valence-electron chi connectivity index (χ2n) is 10.1. The van der Waals surface area contributed by atoms with Gasteiger partial charge in [-0.1, -0.05) is 35.9 Å². The van der Waals surface area contributed by atoms with Crippen molar-refractivity contribution in [3.05, 3.63) is 84.1 Å². The summed E-state index contributed by atoms with van der Waals surface area (Å²) in [6.07, 6.45) is 1.68. The molecule has 192 valence electrons. The molecule has 0 N–H and O–H groups in total. The molecule has 3 aromatic carbocycles. The number of anilines is 2. The van der Waals surface area contributed by atoms with Crippen molar-refractivity contribution in [2.75, 3.05) is 38.3 Å². The van der Waals surface area contributed by atoms with E-state index in [4.69, 9.17) is 16.3 Å². The maximum absolute atomic E-state index is 13.1. The lowest BCUT2D eigenvalue weighted by atomic mass is 9.80. The number of nitrogens with zero attached hydrogens (tertiary/aromatic N) is 5. The largest absolute Gasteiger partial charge is 0.380 e. The number of fused-ring (bicyclic) bond motifs is 3. The van der Waals surface area contributed by atoms with Crippen molar-refractivity contribution in [3.63, 3.8) is 0 Å². The van der Waals surface area contributed by atoms with Gasteiger partial charge in [0.25, 0.3) is 0 Å². The summed E-state index contributed by atoms with van der Waals surface area (Å²) in [5, 5.41) is 9.98. The van der Waals surface area contributed by atoms with Gasteiger partial charge in [-0.05, 0) is 53.6 Å². The van der Waals surface area contributed by atoms with Crippen molar-refractivity contribution < 1.29 is 13.2 Å². The molecule has 10 heteroatoms. The zero-order chi connectivity index (χ0) is 26.1. The zero-order valence-corrected chi connectivity index (χ0v) is 22.2. The molecule has 4 heterocycles. The summed E-state index contributed by atoms with van der Waals surface area (Å²) in [4.78, 5) is 2.42. The van der Waals surface area contributed by atoms with Crippen molar-refractivity contribution in [2.24, 2.45) is 5.41 Å². The van der Waals surface area contributed by atoms with E-state index < -0.39 is 10.0 Å². The molecule has 0 bridgehead atoms. The Morgan fingerprint density at radius 1 is 0.974 bits per heavy atom. The number of pyridine rings is 1. The number of sulfonamides is 1. The fourth-order valence-corrected chi connectivity index (χ4v) is 7.21. The van der Waals surface area contributed by atoms with Gasteiger partial charge in [0.15, 0.2) is 5.65 Å². The molecule has 38 heavy (non-hydrogen) atoms. The standard InChI is InChI=1S/C28H24ClN5O3S/c1-32(25-13-27-31-30-18-34(27)26-12-21(29)7-10-24(25)26)22-4-2-3-20(11-22)19-5-8-23(9-6-19)38(35,36)33-14-28(15-33)16-37-17-28/h2-13,18H,14-17H2,1H3. The Balaban J connectivity index is 1.19. The second kappa shape index (κ2) is 8.51. The van der Waals surface area contributed by atoms with E-state index in [9.17, 15) is 8.42 Å². The summed E-state index contributed by atoms with van der Waals surface area (Å²) in [7, 11) is -1.48. The van der Waals surface area contributed by atoms with Crippen LogP contribution in [0.4, 0.5) is 11.4 Å². The predicted octanol–water partition coefficient (Wildman–Crippen LogP) is 4.99. The molecule has 7 rings (SSSR count). The van der Waals surface area contributed by atoms with Crippen LogP contribution in [-0.2, 0) is 14.8 Å². The third-order valence-corrected chi connectivity index (χ3v) is 9.64. The third kappa shape index (κ3) is 3.69. The van der Waals surface area contributed by atoms with Gasteiger partial charge in [0.1, 0.15) is 6.33 Å². The summed E-state index contributed by atoms with van der Waals surface area (Å²) in [5.41, 5.74) is 5.57. The Morgan fingerprint density at radius 2 is 1.76 bits per heavy atom. The molecular weight excluding hydrogens is 522 g/mol. The molecule has 0 amide bonds. The highest BCUT2D eigenvalue weighted by Crippen LogP contribution is 2.41. The Labute approximate surface area is 225 Å². The first kappa shape index (κ1) is 23.6. The number of halogens is 1. The maximum atomic E-state index is 13.1. The Kier molecular flexibility index (Phi) is 5.28. The molecule has 2 fully saturated rings. The van der Waals surface area contributed by atoms with Gasteiger partial charge in [0.05, 0.1) is 29.3 Å². The topological polar surface area (TPSA) is 80.0 Å². The van der Waals surface area contributed by atoms with E-state index in [1.54, 1.807) is 22.8 Å². The minimum Gasteiger partial charge on any atom is -0.380 e. The zero-order valence-electron chi connectivity index (χ0n) is 20.6. The van der Waals surface area contributed by atoms with Crippen LogP contribution in [0.2, 0.25) is 5.02 Å². The van der Waals surface area contributed by atoms with Crippen LogP contribution in [0.1, 0.15) is 0 Å². The number of hydrogen-bond acceptors (Lipinski definition) is 6. The highest BCUT2D eigenvalue weighted by Gasteiger charge is 2.53. The van der Waals surface area contributed by atoms with Crippen LogP contribution in [0.25, 0.3) is 27.7 Å². The van der Waals surface area contributed by atoms with Gasteiger partial charge in [-0.15, -0.1) is 10.2 Å². The first-order chi connectivity index (χ1) is 18.3. The molecule has 1 spiro atoms. The molecule has 0 unspecified atom stereocenters. The molecule has 0 saturated carbocycles. The van der Waals surface area contributed by atoms with Crippen LogP contribution in [0.3, 0.4) is 0 Å². The fourth-order valence-electron chi connectivity index (χ4n) is 5.37. The molecule has 0 aliphatic carbocycles. The average molecular weight is 546 g/mol. The van der Waals surface area contributed by atoms with Gasteiger partial charge < -0.3 is 9.64 Å². The van der Waals surface area contributed by atoms with E-state index in [0.29, 0.717) is 36.2 Å². The number of rotatable bonds is 5. The van der Waals surface area contributed by atoms with Gasteiger partial charge in [-0.25, -0.2) is 8.42 Å². The number of ether oxygens (including phenoxy) is 1. The third-order valence-electron chi connectivity index (χ3n) is 7.60. The highest BCUT2D eigenvalue weighted by molar-refractivity contribution is 7.89. The van der Waals surface area contributed by atoms with E-state index >= 15 is 0 Å². The van der Waals surface area contributed by atoms with Crippen LogP contribution in [-0.4, -0.2) is 60.7 Å². The van der Waals surface area contributed by atoms with Gasteiger partial charge >= 0.3 is 0 Å². The predicted molar refractivity (Wildman–Crippen MR) is 147 cm³/mol. The molecule has 2 aromatic heterocycles. The molecule has 2 saturated heterocycles. The number of aromatic nitrogens is 3. The Bertz CT molecular complexity index is 1810. The number of hydrogen-bond donors (Lipinski definition) is 0. The second-order valence-corrected chi connectivity index (χ2v) is 12.5. The van der Waals surface area contributed by atoms with Gasteiger partial charge in [-0.2, -0.15) is 4.31 Å². The minimum absolute atomic E-state index is 0.0374. The molecule has 8 nitrogen and oxygen atoms in total. The SMILES string of the molecule is CN(c1cccc(-c2ccc(S(=O)(=O)N3CC4(COC4)C3)cc2)c1)c1cc2nncn2c2cc(Cl)ccc12. The Hall–Kier alpha value is -3.50. The lowest BCUT2D eigenvalue weighted by molar-refractivity contribution is -0.166. The monoisotopic (exact) mass is 545 g/mol. The molecule has 5 aromatic rings. The van der Waals surface area contributed by atoms with Gasteiger partial charge in [0.2, 0.25) is 10.0 Å². The van der Waals surface area contributed by atoms with Crippen molar-refractivity contribution >= 4 is 49.5 Å². The average Bonchev–Trinajstić information content (AvgIpc) is 3.35. The van der Waals surface area contributed by atoms with Crippen LogP contribution in [0.5, 0.6) is 0 Å². The molecular formula is C28H24ClN5O3S. The summed E-state index contributed by atoms with van der Waals surface area (Å²) in [5.74, 6) is 0. The Morgan fingerprint density at radius 3 is 2.50 bits per heavy atom. The van der Waals surface area contributed by atoms with Crippen LogP contribution >= 0.6 is 11.6 Å². The van der Waals surface area contributed by atoms with E-state index in [2.05, 4.69) is 21.2 Å². The molecule has 2 aliphatic rings. The van der Waals surface area contributed by atoms with Crippen molar-refractivity contribution in [2.45, 2.75) is 4.90 Å². The number of benzene rings is 3.